The van der Waals surface area contributed by atoms with Gasteiger partial charge in [-0.3, -0.25) is 9.59 Å². The van der Waals surface area contributed by atoms with Crippen LogP contribution in [0.3, 0.4) is 0 Å². The van der Waals surface area contributed by atoms with Crippen LogP contribution in [0.1, 0.15) is 60.3 Å². The molecule has 2 saturated carbocycles. The number of benzene rings is 2. The fraction of sp³-hybridized carbons (Fsp3) is 0.478. The third kappa shape index (κ3) is 10.6. The SMILES string of the molecule is COC1CC(c2nc3ccc(-c4cc(C)c(=O)n(C)c4)cc3n2CCOCC(F)(F)F)C1.COC1CC(c2nc3ccc(-c4cc(C)c(=O)n(C)c4)cc3n2CCOCC(F)(F)F)C1. The smallest absolute Gasteiger partial charge is 0.381 e. The molecular weight excluding hydrogens is 847 g/mol. The summed E-state index contributed by atoms with van der Waals surface area (Å²) in [5, 5.41) is 0. The van der Waals surface area contributed by atoms with Crippen LogP contribution in [0.5, 0.6) is 0 Å². The van der Waals surface area contributed by atoms with Gasteiger partial charge in [-0.15, -0.1) is 0 Å². The van der Waals surface area contributed by atoms with E-state index in [4.69, 9.17) is 28.9 Å². The normalized spacial score (nSPS) is 18.8. The van der Waals surface area contributed by atoms with Crippen LogP contribution in [-0.2, 0) is 46.1 Å². The number of methoxy groups -OCH3 is 2. The number of imidazole rings is 2. The highest BCUT2D eigenvalue weighted by Gasteiger charge is 2.36. The first-order valence-electron chi connectivity index (χ1n) is 21.0. The number of halogens is 6. The second-order valence-corrected chi connectivity index (χ2v) is 16.7. The number of pyridine rings is 2. The number of aromatic nitrogens is 6. The Morgan fingerprint density at radius 2 is 0.969 bits per heavy atom. The number of ether oxygens (including phenoxy) is 4. The van der Waals surface area contributed by atoms with Crippen LogP contribution in [0.25, 0.3) is 44.3 Å². The molecule has 6 aromatic rings. The summed E-state index contributed by atoms with van der Waals surface area (Å²) in [6.45, 7) is 1.40. The lowest BCUT2D eigenvalue weighted by Gasteiger charge is -2.33. The Morgan fingerprint density at radius 3 is 1.30 bits per heavy atom. The standard InChI is InChI=1S/2C23H26F3N3O3/c2*1-14-8-17(12-28(2)22(14)30)15-4-5-19-20(11-15)29(6-7-32-13-23(24,25)26)21(27-19)16-9-18(10-16)31-3/h2*4-5,8,11-12,16,18H,6-7,9-10,13H2,1-3H3. The van der Waals surface area contributed by atoms with E-state index in [-0.39, 0.29) is 61.5 Å². The lowest BCUT2D eigenvalue weighted by Crippen LogP contribution is -2.31. The van der Waals surface area contributed by atoms with E-state index < -0.39 is 25.6 Å². The van der Waals surface area contributed by atoms with E-state index in [0.717, 1.165) is 81.7 Å². The number of aryl methyl sites for hydroxylation is 4. The minimum atomic E-state index is -4.35. The van der Waals surface area contributed by atoms with E-state index >= 15 is 0 Å². The lowest BCUT2D eigenvalue weighted by molar-refractivity contribution is -0.174. The average molecular weight is 899 g/mol. The van der Waals surface area contributed by atoms with Crippen LogP contribution in [0.2, 0.25) is 0 Å². The quantitative estimate of drug-likeness (QED) is 0.0792. The van der Waals surface area contributed by atoms with Gasteiger partial charge in [-0.05, 0) is 98.2 Å². The van der Waals surface area contributed by atoms with Crippen molar-refractivity contribution in [1.82, 2.24) is 28.2 Å². The molecule has 2 fully saturated rings. The molecule has 2 aromatic carbocycles. The zero-order chi connectivity index (χ0) is 46.1. The maximum Gasteiger partial charge on any atom is 0.411 e. The third-order valence-corrected chi connectivity index (χ3v) is 12.0. The molecule has 0 spiro atoms. The number of alkyl halides is 6. The number of fused-ring (bicyclic) bond motifs is 2. The summed E-state index contributed by atoms with van der Waals surface area (Å²) in [4.78, 5) is 33.7. The monoisotopic (exact) mass is 898 g/mol. The zero-order valence-corrected chi connectivity index (χ0v) is 36.6. The van der Waals surface area contributed by atoms with Gasteiger partial charge in [-0.2, -0.15) is 26.3 Å². The molecule has 4 aromatic heterocycles. The van der Waals surface area contributed by atoms with Gasteiger partial charge in [0.05, 0.1) is 47.5 Å². The largest absolute Gasteiger partial charge is 0.411 e. The van der Waals surface area contributed by atoms with Crippen LogP contribution < -0.4 is 11.1 Å². The van der Waals surface area contributed by atoms with Crippen molar-refractivity contribution in [2.75, 3.05) is 40.6 Å². The Kier molecular flexibility index (Phi) is 13.9. The first kappa shape index (κ1) is 46.7. The highest BCUT2D eigenvalue weighted by atomic mass is 19.4. The second kappa shape index (κ2) is 19.0. The fourth-order valence-corrected chi connectivity index (χ4v) is 8.43. The Labute approximate surface area is 365 Å². The molecule has 0 bridgehead atoms. The summed E-state index contributed by atoms with van der Waals surface area (Å²) >= 11 is 0. The van der Waals surface area contributed by atoms with Crippen molar-refractivity contribution in [3.63, 3.8) is 0 Å². The fourth-order valence-electron chi connectivity index (χ4n) is 8.43. The molecule has 18 heteroatoms. The Hall–Kier alpha value is -5.30. The second-order valence-electron chi connectivity index (χ2n) is 16.7. The Morgan fingerprint density at radius 1 is 0.594 bits per heavy atom. The Balaban J connectivity index is 0.000000191. The molecule has 0 saturated heterocycles. The van der Waals surface area contributed by atoms with Crippen LogP contribution >= 0.6 is 0 Å². The molecule has 8 rings (SSSR count). The molecule has 2 aliphatic carbocycles. The van der Waals surface area contributed by atoms with Crippen molar-refractivity contribution in [3.8, 4) is 22.3 Å². The van der Waals surface area contributed by atoms with Gasteiger partial charge >= 0.3 is 12.4 Å². The van der Waals surface area contributed by atoms with Gasteiger partial charge in [0.25, 0.3) is 11.1 Å². The average Bonchev–Trinajstić information content (AvgIpc) is 3.74. The van der Waals surface area contributed by atoms with Crippen molar-refractivity contribution in [1.29, 1.82) is 0 Å². The number of hydrogen-bond acceptors (Lipinski definition) is 8. The summed E-state index contributed by atoms with van der Waals surface area (Å²) in [6.07, 6.45) is -1.48. The third-order valence-electron chi connectivity index (χ3n) is 12.0. The van der Waals surface area contributed by atoms with Crippen molar-refractivity contribution in [2.24, 2.45) is 14.1 Å². The molecule has 0 amide bonds. The van der Waals surface area contributed by atoms with Crippen molar-refractivity contribution in [3.05, 3.63) is 104 Å². The maximum atomic E-state index is 12.5. The molecule has 64 heavy (non-hydrogen) atoms. The highest BCUT2D eigenvalue weighted by molar-refractivity contribution is 5.84. The lowest BCUT2D eigenvalue weighted by atomic mass is 9.81. The number of nitrogens with zero attached hydrogens (tertiary/aromatic N) is 6. The van der Waals surface area contributed by atoms with Gasteiger partial charge < -0.3 is 37.2 Å². The molecule has 12 nitrogen and oxygen atoms in total. The van der Waals surface area contributed by atoms with Gasteiger partial charge in [0.15, 0.2) is 0 Å². The molecule has 0 unspecified atom stereocenters. The van der Waals surface area contributed by atoms with Gasteiger partial charge in [-0.1, -0.05) is 12.1 Å². The van der Waals surface area contributed by atoms with Crippen molar-refractivity contribution >= 4 is 22.1 Å². The molecule has 344 valence electrons. The molecule has 0 radical (unpaired) electrons. The molecule has 0 atom stereocenters. The van der Waals surface area contributed by atoms with Crippen molar-refractivity contribution in [2.45, 2.75) is 89.0 Å². The van der Waals surface area contributed by atoms with Crippen LogP contribution in [0, 0.1) is 13.8 Å². The van der Waals surface area contributed by atoms with E-state index in [2.05, 4.69) is 0 Å². The van der Waals surface area contributed by atoms with Gasteiger partial charge in [0.1, 0.15) is 24.9 Å². The van der Waals surface area contributed by atoms with E-state index in [0.29, 0.717) is 11.1 Å². The molecule has 0 N–H and O–H groups in total. The topological polar surface area (TPSA) is 117 Å². The van der Waals surface area contributed by atoms with Crippen LogP contribution in [0.4, 0.5) is 26.3 Å². The van der Waals surface area contributed by atoms with E-state index in [9.17, 15) is 35.9 Å². The summed E-state index contributed by atoms with van der Waals surface area (Å²) < 4.78 is 102. The summed E-state index contributed by atoms with van der Waals surface area (Å²) in [5.41, 5.74) is 7.98. The van der Waals surface area contributed by atoms with E-state index in [1.54, 1.807) is 63.7 Å². The van der Waals surface area contributed by atoms with E-state index in [1.165, 1.54) is 0 Å². The molecule has 0 aliphatic heterocycles. The summed E-state index contributed by atoms with van der Waals surface area (Å²) in [7, 11) is 6.77. The van der Waals surface area contributed by atoms with Gasteiger partial charge in [0, 0.05) is 76.8 Å². The number of hydrogen-bond donors (Lipinski definition) is 0. The minimum Gasteiger partial charge on any atom is -0.381 e. The predicted octanol–water partition coefficient (Wildman–Crippen LogP) is 8.36. The molecular formula is C46H52F6N6O6. The molecule has 2 aliphatic rings. The summed E-state index contributed by atoms with van der Waals surface area (Å²) in [6, 6.07) is 15.3. The maximum absolute atomic E-state index is 12.5. The Bertz CT molecular complexity index is 2490. The van der Waals surface area contributed by atoms with Gasteiger partial charge in [0.2, 0.25) is 0 Å². The van der Waals surface area contributed by atoms with Crippen LogP contribution in [0.15, 0.2) is 70.5 Å². The molecule has 4 heterocycles. The van der Waals surface area contributed by atoms with Crippen LogP contribution in [-0.4, -0.2) is 93.4 Å². The first-order chi connectivity index (χ1) is 30.3. The predicted molar refractivity (Wildman–Crippen MR) is 230 cm³/mol. The first-order valence-corrected chi connectivity index (χ1v) is 21.0. The highest BCUT2D eigenvalue weighted by Crippen LogP contribution is 2.41. The number of rotatable bonds is 14. The van der Waals surface area contributed by atoms with E-state index in [1.807, 2.05) is 57.7 Å². The minimum absolute atomic E-state index is 0.0540. The summed E-state index contributed by atoms with van der Waals surface area (Å²) in [5.74, 6) is 2.08. The van der Waals surface area contributed by atoms with Crippen molar-refractivity contribution < 1.29 is 45.3 Å². The van der Waals surface area contributed by atoms with Gasteiger partial charge in [-0.25, -0.2) is 9.97 Å². The zero-order valence-electron chi connectivity index (χ0n) is 36.6.